The molecular formula is C15H17N5O5S. The first-order chi connectivity index (χ1) is 12.1. The first kappa shape index (κ1) is 19.4. The quantitative estimate of drug-likeness (QED) is 0.597. The smallest absolute Gasteiger partial charge is 0.279 e. The van der Waals surface area contributed by atoms with Crippen LogP contribution in [-0.2, 0) is 5.41 Å². The Morgan fingerprint density at radius 2 is 1.88 bits per heavy atom. The summed E-state index contributed by atoms with van der Waals surface area (Å²) in [6.45, 7) is 7.36. The van der Waals surface area contributed by atoms with E-state index in [2.05, 4.69) is 15.5 Å². The van der Waals surface area contributed by atoms with Gasteiger partial charge in [-0.2, -0.15) is 0 Å². The topological polar surface area (TPSA) is 141 Å². The third-order valence-electron chi connectivity index (χ3n) is 4.13. The third-order valence-corrected chi connectivity index (χ3v) is 5.33. The number of nitro benzene ring substituents is 2. The van der Waals surface area contributed by atoms with E-state index in [4.69, 9.17) is 0 Å². The lowest BCUT2D eigenvalue weighted by Gasteiger charge is -2.17. The summed E-state index contributed by atoms with van der Waals surface area (Å²) in [5.41, 5.74) is -1.35. The number of hydrogen-bond donors (Lipinski definition) is 1. The minimum absolute atomic E-state index is 0.0386. The molecule has 26 heavy (non-hydrogen) atoms. The second-order valence-electron chi connectivity index (χ2n) is 6.26. The van der Waals surface area contributed by atoms with Crippen molar-refractivity contribution in [1.29, 1.82) is 0 Å². The van der Waals surface area contributed by atoms with Crippen LogP contribution in [0.4, 0.5) is 16.5 Å². The molecule has 0 aliphatic rings. The molecule has 0 aliphatic carbocycles. The van der Waals surface area contributed by atoms with Crippen LogP contribution in [0.15, 0.2) is 12.1 Å². The van der Waals surface area contributed by atoms with E-state index in [1.807, 2.05) is 20.8 Å². The fourth-order valence-electron chi connectivity index (χ4n) is 2.08. The molecule has 0 spiro atoms. The summed E-state index contributed by atoms with van der Waals surface area (Å²) in [5.74, 6) is -0.716. The van der Waals surface area contributed by atoms with Crippen molar-refractivity contribution in [1.82, 2.24) is 10.2 Å². The Kier molecular flexibility index (Phi) is 5.30. The zero-order valence-corrected chi connectivity index (χ0v) is 15.4. The van der Waals surface area contributed by atoms with E-state index in [9.17, 15) is 25.0 Å². The maximum absolute atomic E-state index is 12.5. The van der Waals surface area contributed by atoms with Gasteiger partial charge < -0.3 is 0 Å². The number of carbonyl (C=O) groups is 1. The van der Waals surface area contributed by atoms with Crippen molar-refractivity contribution in [3.8, 4) is 0 Å². The zero-order valence-electron chi connectivity index (χ0n) is 14.6. The second-order valence-corrected chi connectivity index (χ2v) is 7.23. The Balaban J connectivity index is 2.38. The summed E-state index contributed by atoms with van der Waals surface area (Å²) in [6.07, 6.45) is 0.825. The van der Waals surface area contributed by atoms with Crippen LogP contribution in [0.2, 0.25) is 0 Å². The van der Waals surface area contributed by atoms with Gasteiger partial charge in [0, 0.05) is 17.0 Å². The van der Waals surface area contributed by atoms with Crippen LogP contribution >= 0.6 is 11.3 Å². The van der Waals surface area contributed by atoms with E-state index in [-0.39, 0.29) is 21.7 Å². The summed E-state index contributed by atoms with van der Waals surface area (Å²) >= 11 is 1.19. The molecular weight excluding hydrogens is 362 g/mol. The molecule has 0 fully saturated rings. The Labute approximate surface area is 152 Å². The fourth-order valence-corrected chi connectivity index (χ4v) is 2.99. The fraction of sp³-hybridized carbons (Fsp3) is 0.400. The molecule has 0 bridgehead atoms. The maximum atomic E-state index is 12.5. The third kappa shape index (κ3) is 3.82. The van der Waals surface area contributed by atoms with Gasteiger partial charge in [0.15, 0.2) is 0 Å². The number of nitro groups is 2. The number of rotatable bonds is 6. The van der Waals surface area contributed by atoms with Gasteiger partial charge in [-0.3, -0.25) is 30.3 Å². The van der Waals surface area contributed by atoms with Gasteiger partial charge in [-0.05, 0) is 13.3 Å². The zero-order chi connectivity index (χ0) is 19.6. The van der Waals surface area contributed by atoms with Gasteiger partial charge in [-0.15, -0.1) is 10.2 Å². The molecule has 1 aromatic heterocycles. The Morgan fingerprint density at radius 3 is 2.42 bits per heavy atom. The van der Waals surface area contributed by atoms with Crippen molar-refractivity contribution in [2.75, 3.05) is 5.32 Å². The normalized spacial score (nSPS) is 11.2. The first-order valence-corrected chi connectivity index (χ1v) is 8.47. The number of anilines is 1. The molecule has 0 saturated carbocycles. The average Bonchev–Trinajstić information content (AvgIpc) is 3.03. The highest BCUT2D eigenvalue weighted by atomic mass is 32.1. The molecule has 2 aromatic rings. The number of aromatic nitrogens is 2. The number of non-ortho nitro benzene ring substituents is 1. The lowest BCUT2D eigenvalue weighted by molar-refractivity contribution is -0.394. The minimum atomic E-state index is -0.782. The van der Waals surface area contributed by atoms with Crippen LogP contribution in [0.25, 0.3) is 0 Å². The van der Waals surface area contributed by atoms with Crippen molar-refractivity contribution < 1.29 is 14.6 Å². The second kappa shape index (κ2) is 7.12. The van der Waals surface area contributed by atoms with E-state index in [1.54, 1.807) is 0 Å². The largest absolute Gasteiger partial charge is 0.296 e. The Hall–Kier alpha value is -2.95. The van der Waals surface area contributed by atoms with Gasteiger partial charge in [0.1, 0.15) is 5.01 Å². The molecule has 0 aliphatic heterocycles. The predicted molar refractivity (Wildman–Crippen MR) is 95.7 cm³/mol. The molecule has 11 heteroatoms. The van der Waals surface area contributed by atoms with E-state index < -0.39 is 27.1 Å². The first-order valence-electron chi connectivity index (χ1n) is 7.65. The highest BCUT2D eigenvalue weighted by molar-refractivity contribution is 7.15. The maximum Gasteiger partial charge on any atom is 0.279 e. The molecule has 138 valence electrons. The number of nitrogens with zero attached hydrogens (tertiary/aromatic N) is 4. The molecule has 0 radical (unpaired) electrons. The van der Waals surface area contributed by atoms with Crippen LogP contribution in [0.3, 0.4) is 0 Å². The van der Waals surface area contributed by atoms with Crippen molar-refractivity contribution in [3.05, 3.63) is 48.5 Å². The molecule has 0 saturated heterocycles. The number of carbonyl (C=O) groups excluding carboxylic acids is 1. The summed E-state index contributed by atoms with van der Waals surface area (Å²) in [6, 6.07) is 1.84. The lowest BCUT2D eigenvalue weighted by Crippen LogP contribution is -2.15. The van der Waals surface area contributed by atoms with Gasteiger partial charge in [0.2, 0.25) is 5.13 Å². The van der Waals surface area contributed by atoms with E-state index in [1.165, 1.54) is 18.3 Å². The van der Waals surface area contributed by atoms with Crippen LogP contribution in [0, 0.1) is 27.2 Å². The average molecular weight is 379 g/mol. The van der Waals surface area contributed by atoms with E-state index in [0.29, 0.717) is 0 Å². The van der Waals surface area contributed by atoms with Crippen LogP contribution < -0.4 is 5.32 Å². The molecule has 2 rings (SSSR count). The molecule has 1 N–H and O–H groups in total. The summed E-state index contributed by atoms with van der Waals surface area (Å²) < 4.78 is 0. The summed E-state index contributed by atoms with van der Waals surface area (Å²) in [4.78, 5) is 33.1. The molecule has 1 heterocycles. The highest BCUT2D eigenvalue weighted by Crippen LogP contribution is 2.32. The van der Waals surface area contributed by atoms with Crippen molar-refractivity contribution in [3.63, 3.8) is 0 Å². The number of amides is 1. The SMILES string of the molecule is CCC(C)(C)c1nnc(NC(=O)c2cc([N+](=O)[O-])cc([N+](=O)[O-])c2C)s1. The van der Waals surface area contributed by atoms with Crippen molar-refractivity contribution in [2.45, 2.75) is 39.5 Å². The van der Waals surface area contributed by atoms with Gasteiger partial charge in [-0.1, -0.05) is 32.1 Å². The number of benzene rings is 1. The minimum Gasteiger partial charge on any atom is -0.296 e. The predicted octanol–water partition coefficient (Wildman–Crippen LogP) is 3.60. The van der Waals surface area contributed by atoms with Gasteiger partial charge in [-0.25, -0.2) is 0 Å². The van der Waals surface area contributed by atoms with Crippen molar-refractivity contribution >= 4 is 33.8 Å². The Morgan fingerprint density at radius 1 is 1.23 bits per heavy atom. The highest BCUT2D eigenvalue weighted by Gasteiger charge is 2.27. The number of hydrogen-bond acceptors (Lipinski definition) is 8. The monoisotopic (exact) mass is 379 g/mol. The van der Waals surface area contributed by atoms with E-state index in [0.717, 1.165) is 23.6 Å². The molecule has 10 nitrogen and oxygen atoms in total. The molecule has 0 unspecified atom stereocenters. The molecule has 0 atom stereocenters. The standard InChI is InChI=1S/C15H17N5O5S/c1-5-15(3,4)13-17-18-14(26-13)16-12(21)10-6-9(19(22)23)7-11(8(10)2)20(24)25/h6-7H,5H2,1-4H3,(H,16,18,21). The molecule has 1 amide bonds. The van der Waals surface area contributed by atoms with Crippen LogP contribution in [0.5, 0.6) is 0 Å². The van der Waals surface area contributed by atoms with Gasteiger partial charge in [0.25, 0.3) is 17.3 Å². The van der Waals surface area contributed by atoms with Gasteiger partial charge in [0.05, 0.1) is 21.5 Å². The number of nitrogens with one attached hydrogen (secondary N) is 1. The molecule has 1 aromatic carbocycles. The lowest BCUT2D eigenvalue weighted by atomic mass is 9.91. The van der Waals surface area contributed by atoms with Crippen molar-refractivity contribution in [2.24, 2.45) is 0 Å². The van der Waals surface area contributed by atoms with E-state index >= 15 is 0 Å². The van der Waals surface area contributed by atoms with Gasteiger partial charge >= 0.3 is 0 Å². The summed E-state index contributed by atoms with van der Waals surface area (Å²) in [7, 11) is 0. The van der Waals surface area contributed by atoms with Crippen LogP contribution in [0.1, 0.15) is 48.1 Å². The van der Waals surface area contributed by atoms with Crippen LogP contribution in [-0.4, -0.2) is 26.0 Å². The summed E-state index contributed by atoms with van der Waals surface area (Å²) in [5, 5.41) is 33.5. The Bertz CT molecular complexity index is 893.